The van der Waals surface area contributed by atoms with Crippen LogP contribution in [0.2, 0.25) is 0 Å². The Labute approximate surface area is 106 Å². The van der Waals surface area contributed by atoms with E-state index in [1.807, 2.05) is 4.98 Å². The van der Waals surface area contributed by atoms with Crippen LogP contribution in [0.3, 0.4) is 0 Å². The number of rotatable bonds is 4. The summed E-state index contributed by atoms with van der Waals surface area (Å²) in [4.78, 5) is 24.0. The van der Waals surface area contributed by atoms with E-state index in [0.29, 0.717) is 5.69 Å². The van der Waals surface area contributed by atoms with Gasteiger partial charge in [-0.25, -0.2) is 9.18 Å². The van der Waals surface area contributed by atoms with Gasteiger partial charge < -0.3 is 5.32 Å². The molecule has 1 aromatic heterocycles. The molecular weight excluding hydrogens is 256 g/mol. The molecule has 0 amide bonds. The topological polar surface area (TPSA) is 66.9 Å². The van der Waals surface area contributed by atoms with Crippen LogP contribution in [-0.4, -0.2) is 16.1 Å². The lowest BCUT2D eigenvalue weighted by molar-refractivity contribution is 0.555. The van der Waals surface area contributed by atoms with Crippen LogP contribution in [0.25, 0.3) is 0 Å². The number of nitrogens with zero attached hydrogens (tertiary/aromatic N) is 1. The summed E-state index contributed by atoms with van der Waals surface area (Å²) in [5, 5.41) is 2.77. The van der Waals surface area contributed by atoms with Gasteiger partial charge in [-0.1, -0.05) is 12.1 Å². The summed E-state index contributed by atoms with van der Waals surface area (Å²) >= 11 is 0. The maximum absolute atomic E-state index is 13.3. The molecule has 0 atom stereocenters. The van der Waals surface area contributed by atoms with Gasteiger partial charge in [-0.05, 0) is 12.1 Å². The van der Waals surface area contributed by atoms with Gasteiger partial charge in [-0.15, -0.1) is 0 Å². The van der Waals surface area contributed by atoms with Crippen molar-refractivity contribution in [2.24, 2.45) is 0 Å². The van der Waals surface area contributed by atoms with Crippen molar-refractivity contribution in [1.82, 2.24) is 9.55 Å². The summed E-state index contributed by atoms with van der Waals surface area (Å²) in [6, 6.07) is 6.07. The fraction of sp³-hybridized carbons (Fsp3) is 0.167. The Morgan fingerprint density at radius 3 is 2.63 bits per heavy atom. The molecule has 0 aliphatic rings. The first kappa shape index (κ1) is 13.0. The lowest BCUT2D eigenvalue weighted by Gasteiger charge is -2.08. The summed E-state index contributed by atoms with van der Waals surface area (Å²) < 4.78 is 27.3. The molecule has 2 rings (SSSR count). The Bertz CT molecular complexity index is 694. The number of aromatic amines is 1. The molecule has 0 aliphatic carbocycles. The van der Waals surface area contributed by atoms with Gasteiger partial charge in [-0.3, -0.25) is 14.3 Å². The third-order valence-corrected chi connectivity index (χ3v) is 2.51. The van der Waals surface area contributed by atoms with E-state index in [4.69, 9.17) is 0 Å². The SMILES string of the molecule is O=c1[nH]c(=O)n(CCNc2ccccc2F)cc1F. The maximum Gasteiger partial charge on any atom is 0.328 e. The van der Waals surface area contributed by atoms with E-state index in [1.165, 1.54) is 6.07 Å². The highest BCUT2D eigenvalue weighted by Crippen LogP contribution is 2.11. The first-order valence-electron chi connectivity index (χ1n) is 5.55. The summed E-state index contributed by atoms with van der Waals surface area (Å²) in [6.45, 7) is 0.313. The van der Waals surface area contributed by atoms with E-state index in [9.17, 15) is 18.4 Å². The fourth-order valence-electron chi connectivity index (χ4n) is 1.56. The number of aromatic nitrogens is 2. The van der Waals surface area contributed by atoms with E-state index >= 15 is 0 Å². The number of anilines is 1. The van der Waals surface area contributed by atoms with E-state index < -0.39 is 22.9 Å². The number of benzene rings is 1. The molecule has 19 heavy (non-hydrogen) atoms. The average molecular weight is 267 g/mol. The number of hydrogen-bond donors (Lipinski definition) is 2. The largest absolute Gasteiger partial charge is 0.381 e. The summed E-state index contributed by atoms with van der Waals surface area (Å²) in [7, 11) is 0. The predicted molar refractivity (Wildman–Crippen MR) is 66.2 cm³/mol. The maximum atomic E-state index is 13.3. The van der Waals surface area contributed by atoms with Gasteiger partial charge in [0.25, 0.3) is 5.56 Å². The second-order valence-corrected chi connectivity index (χ2v) is 3.84. The molecule has 1 aromatic carbocycles. The van der Waals surface area contributed by atoms with E-state index in [2.05, 4.69) is 5.32 Å². The molecule has 100 valence electrons. The van der Waals surface area contributed by atoms with Gasteiger partial charge in [0.05, 0.1) is 11.9 Å². The highest BCUT2D eigenvalue weighted by molar-refractivity contribution is 5.44. The third kappa shape index (κ3) is 3.06. The zero-order valence-corrected chi connectivity index (χ0v) is 9.82. The van der Waals surface area contributed by atoms with Gasteiger partial charge in [0, 0.05) is 13.1 Å². The normalized spacial score (nSPS) is 10.4. The highest BCUT2D eigenvalue weighted by Gasteiger charge is 2.04. The molecule has 2 aromatic rings. The van der Waals surface area contributed by atoms with Crippen LogP contribution in [0.15, 0.2) is 40.1 Å². The first-order valence-corrected chi connectivity index (χ1v) is 5.55. The number of H-pyrrole nitrogens is 1. The van der Waals surface area contributed by atoms with Crippen molar-refractivity contribution in [3.8, 4) is 0 Å². The molecule has 5 nitrogen and oxygen atoms in total. The van der Waals surface area contributed by atoms with Crippen molar-refractivity contribution in [2.75, 3.05) is 11.9 Å². The minimum absolute atomic E-state index is 0.0981. The van der Waals surface area contributed by atoms with Crippen molar-refractivity contribution < 1.29 is 8.78 Å². The van der Waals surface area contributed by atoms with E-state index in [0.717, 1.165) is 10.8 Å². The minimum atomic E-state index is -1.05. The lowest BCUT2D eigenvalue weighted by atomic mass is 10.3. The van der Waals surface area contributed by atoms with E-state index in [1.54, 1.807) is 18.2 Å². The molecule has 0 radical (unpaired) electrons. The molecule has 0 aliphatic heterocycles. The summed E-state index contributed by atoms with van der Waals surface area (Å²) in [6.07, 6.45) is 0.824. The second kappa shape index (κ2) is 5.47. The average Bonchev–Trinajstić information content (AvgIpc) is 2.38. The summed E-state index contributed by atoms with van der Waals surface area (Å²) in [5.74, 6) is -1.45. The molecule has 0 fully saturated rings. The first-order chi connectivity index (χ1) is 9.08. The number of para-hydroxylation sites is 1. The molecule has 2 N–H and O–H groups in total. The molecule has 1 heterocycles. The molecular formula is C12H11F2N3O2. The van der Waals surface area contributed by atoms with Crippen LogP contribution in [-0.2, 0) is 6.54 Å². The van der Waals surface area contributed by atoms with E-state index in [-0.39, 0.29) is 13.1 Å². The van der Waals surface area contributed by atoms with Gasteiger partial charge in [-0.2, -0.15) is 4.39 Å². The fourth-order valence-corrected chi connectivity index (χ4v) is 1.56. The van der Waals surface area contributed by atoms with Crippen molar-refractivity contribution in [3.63, 3.8) is 0 Å². The van der Waals surface area contributed by atoms with Gasteiger partial charge >= 0.3 is 5.69 Å². The Kier molecular flexibility index (Phi) is 3.74. The lowest BCUT2D eigenvalue weighted by Crippen LogP contribution is -2.32. The molecule has 0 saturated heterocycles. The molecule has 0 saturated carbocycles. The zero-order valence-electron chi connectivity index (χ0n) is 9.82. The van der Waals surface area contributed by atoms with Crippen LogP contribution >= 0.6 is 0 Å². The smallest absolute Gasteiger partial charge is 0.328 e. The molecule has 0 bridgehead atoms. The molecule has 7 heteroatoms. The van der Waals surface area contributed by atoms with Gasteiger partial charge in [0.15, 0.2) is 0 Å². The highest BCUT2D eigenvalue weighted by atomic mass is 19.1. The Balaban J connectivity index is 2.04. The standard InChI is InChI=1S/C12H11F2N3O2/c13-8-3-1-2-4-10(8)15-5-6-17-7-9(14)11(18)16-12(17)19/h1-4,7,15H,5-6H2,(H,16,18,19). The van der Waals surface area contributed by atoms with Gasteiger partial charge in [0.2, 0.25) is 5.82 Å². The van der Waals surface area contributed by atoms with Crippen molar-refractivity contribution in [3.05, 3.63) is 62.9 Å². The minimum Gasteiger partial charge on any atom is -0.381 e. The zero-order chi connectivity index (χ0) is 13.8. The number of hydrogen-bond acceptors (Lipinski definition) is 3. The quantitative estimate of drug-likeness (QED) is 0.866. The summed E-state index contributed by atoms with van der Waals surface area (Å²) in [5.41, 5.74) is -1.47. The second-order valence-electron chi connectivity index (χ2n) is 3.84. The van der Waals surface area contributed by atoms with Crippen LogP contribution in [0.1, 0.15) is 0 Å². The Morgan fingerprint density at radius 2 is 1.89 bits per heavy atom. The van der Waals surface area contributed by atoms with Crippen LogP contribution in [0.5, 0.6) is 0 Å². The molecule has 0 spiro atoms. The van der Waals surface area contributed by atoms with Crippen LogP contribution in [0.4, 0.5) is 14.5 Å². The number of halogens is 2. The van der Waals surface area contributed by atoms with Crippen LogP contribution < -0.4 is 16.6 Å². The third-order valence-electron chi connectivity index (χ3n) is 2.51. The van der Waals surface area contributed by atoms with Crippen molar-refractivity contribution in [1.29, 1.82) is 0 Å². The Hall–Kier alpha value is -2.44. The van der Waals surface area contributed by atoms with Gasteiger partial charge in [0.1, 0.15) is 5.82 Å². The Morgan fingerprint density at radius 1 is 1.16 bits per heavy atom. The van der Waals surface area contributed by atoms with Crippen molar-refractivity contribution >= 4 is 5.69 Å². The number of nitrogens with one attached hydrogen (secondary N) is 2. The van der Waals surface area contributed by atoms with Crippen molar-refractivity contribution in [2.45, 2.75) is 6.54 Å². The van der Waals surface area contributed by atoms with Crippen LogP contribution in [0, 0.1) is 11.6 Å². The monoisotopic (exact) mass is 267 g/mol. The predicted octanol–water partition coefficient (Wildman–Crippen LogP) is 0.927. The molecule has 0 unspecified atom stereocenters.